The third-order valence-corrected chi connectivity index (χ3v) is 4.00. The fourth-order valence-electron chi connectivity index (χ4n) is 2.78. The maximum Gasteiger partial charge on any atom is 0.358 e. The monoisotopic (exact) mass is 317 g/mol. The number of hydrogen-bond donors (Lipinski definition) is 0. The molecule has 1 aliphatic heterocycles. The molecule has 1 aliphatic rings. The van der Waals surface area contributed by atoms with Gasteiger partial charge in [0.1, 0.15) is 5.82 Å². The highest BCUT2D eigenvalue weighted by Crippen LogP contribution is 2.23. The third kappa shape index (κ3) is 2.69. The lowest BCUT2D eigenvalue weighted by Gasteiger charge is -2.27. The van der Waals surface area contributed by atoms with Crippen LogP contribution in [0.15, 0.2) is 24.3 Å². The summed E-state index contributed by atoms with van der Waals surface area (Å²) in [7, 11) is 3.05. The molecule has 0 spiro atoms. The molecule has 3 rings (SSSR count). The summed E-state index contributed by atoms with van der Waals surface area (Å²) < 4.78 is 19.3. The molecule has 0 N–H and O–H groups in total. The van der Waals surface area contributed by atoms with E-state index >= 15 is 0 Å². The molecule has 2 heterocycles. The predicted octanol–water partition coefficient (Wildman–Crippen LogP) is 1.54. The van der Waals surface area contributed by atoms with E-state index < -0.39 is 5.97 Å². The zero-order valence-electron chi connectivity index (χ0n) is 12.9. The number of carbonyl (C=O) groups is 2. The number of hydrogen-bond acceptors (Lipinski definition) is 4. The summed E-state index contributed by atoms with van der Waals surface area (Å²) in [4.78, 5) is 25.9. The molecule has 1 aromatic heterocycles. The second-order valence-electron chi connectivity index (χ2n) is 5.37. The molecule has 0 atom stereocenters. The molecular formula is C16H16FN3O3. The molecule has 0 radical (unpaired) electrons. The molecule has 0 fully saturated rings. The van der Waals surface area contributed by atoms with Gasteiger partial charge in [-0.05, 0) is 30.7 Å². The van der Waals surface area contributed by atoms with Crippen molar-refractivity contribution in [3.8, 4) is 0 Å². The largest absolute Gasteiger partial charge is 0.464 e. The average molecular weight is 317 g/mol. The average Bonchev–Trinajstić information content (AvgIpc) is 2.90. The van der Waals surface area contributed by atoms with E-state index in [1.54, 1.807) is 16.6 Å². The number of amides is 1. The van der Waals surface area contributed by atoms with E-state index in [2.05, 4.69) is 5.10 Å². The van der Waals surface area contributed by atoms with Gasteiger partial charge < -0.3 is 9.64 Å². The van der Waals surface area contributed by atoms with Crippen molar-refractivity contribution in [1.82, 2.24) is 14.7 Å². The Morgan fingerprint density at radius 1 is 1.26 bits per heavy atom. The van der Waals surface area contributed by atoms with E-state index in [9.17, 15) is 14.0 Å². The van der Waals surface area contributed by atoms with E-state index in [0.717, 1.165) is 11.3 Å². The summed E-state index contributed by atoms with van der Waals surface area (Å²) in [6.45, 7) is 0.824. The van der Waals surface area contributed by atoms with Crippen LogP contribution < -0.4 is 0 Å². The molecular weight excluding hydrogens is 301 g/mol. The SMILES string of the molecule is COC(=O)c1nn(C)c2c1CCN(C(=O)c1ccc(F)cc1)C2. The number of fused-ring (bicyclic) bond motifs is 1. The Balaban J connectivity index is 1.86. The van der Waals surface area contributed by atoms with Crippen LogP contribution >= 0.6 is 0 Å². The smallest absolute Gasteiger partial charge is 0.358 e. The highest BCUT2D eigenvalue weighted by molar-refractivity contribution is 5.94. The van der Waals surface area contributed by atoms with Crippen LogP contribution in [0.1, 0.15) is 32.1 Å². The highest BCUT2D eigenvalue weighted by Gasteiger charge is 2.29. The number of methoxy groups -OCH3 is 1. The summed E-state index contributed by atoms with van der Waals surface area (Å²) in [6.07, 6.45) is 0.528. The van der Waals surface area contributed by atoms with E-state index in [4.69, 9.17) is 4.74 Å². The Bertz CT molecular complexity index is 768. The van der Waals surface area contributed by atoms with E-state index in [1.165, 1.54) is 31.4 Å². The Hall–Kier alpha value is -2.70. The number of halogens is 1. The van der Waals surface area contributed by atoms with Gasteiger partial charge in [-0.3, -0.25) is 9.48 Å². The standard InChI is InChI=1S/C16H16FN3O3/c1-19-13-9-20(15(21)10-3-5-11(17)6-4-10)8-7-12(13)14(18-19)16(22)23-2/h3-6H,7-9H2,1-2H3. The van der Waals surface area contributed by atoms with Crippen molar-refractivity contribution in [2.45, 2.75) is 13.0 Å². The van der Waals surface area contributed by atoms with E-state index in [-0.39, 0.29) is 11.7 Å². The number of benzene rings is 1. The minimum Gasteiger partial charge on any atom is -0.464 e. The third-order valence-electron chi connectivity index (χ3n) is 4.00. The Kier molecular flexibility index (Phi) is 3.85. The van der Waals surface area contributed by atoms with Crippen LogP contribution in [0.25, 0.3) is 0 Å². The molecule has 2 aromatic rings. The maximum absolute atomic E-state index is 13.0. The minimum atomic E-state index is -0.472. The number of aromatic nitrogens is 2. The second kappa shape index (κ2) is 5.83. The first-order chi connectivity index (χ1) is 11.0. The lowest BCUT2D eigenvalue weighted by molar-refractivity contribution is 0.0591. The lowest BCUT2D eigenvalue weighted by Crippen LogP contribution is -2.36. The number of carbonyl (C=O) groups excluding carboxylic acids is 2. The minimum absolute atomic E-state index is 0.170. The van der Waals surface area contributed by atoms with E-state index in [1.807, 2.05) is 0 Å². The number of esters is 1. The molecule has 0 saturated heterocycles. The molecule has 120 valence electrons. The van der Waals surface area contributed by atoms with Crippen molar-refractivity contribution in [3.63, 3.8) is 0 Å². The molecule has 6 nitrogen and oxygen atoms in total. The molecule has 0 unspecified atom stereocenters. The van der Waals surface area contributed by atoms with Gasteiger partial charge in [-0.2, -0.15) is 5.10 Å². The molecule has 1 amide bonds. The Morgan fingerprint density at radius 3 is 2.61 bits per heavy atom. The number of ether oxygens (including phenoxy) is 1. The zero-order valence-corrected chi connectivity index (χ0v) is 12.9. The van der Waals surface area contributed by atoms with Crippen LogP contribution in [-0.2, 0) is 24.8 Å². The fourth-order valence-corrected chi connectivity index (χ4v) is 2.78. The maximum atomic E-state index is 13.0. The lowest BCUT2D eigenvalue weighted by atomic mass is 10.0. The van der Waals surface area contributed by atoms with Crippen LogP contribution in [0.2, 0.25) is 0 Å². The van der Waals surface area contributed by atoms with Crippen LogP contribution in [0, 0.1) is 5.82 Å². The van der Waals surface area contributed by atoms with Gasteiger partial charge in [0.25, 0.3) is 5.91 Å². The van der Waals surface area contributed by atoms with Crippen LogP contribution in [0.4, 0.5) is 4.39 Å². The van der Waals surface area contributed by atoms with Gasteiger partial charge in [-0.15, -0.1) is 0 Å². The van der Waals surface area contributed by atoms with Crippen molar-refractivity contribution in [3.05, 3.63) is 52.6 Å². The van der Waals surface area contributed by atoms with Gasteiger partial charge in [0.15, 0.2) is 5.69 Å². The van der Waals surface area contributed by atoms with Gasteiger partial charge in [0, 0.05) is 24.7 Å². The van der Waals surface area contributed by atoms with Gasteiger partial charge in [0.05, 0.1) is 19.3 Å². The first-order valence-corrected chi connectivity index (χ1v) is 7.19. The van der Waals surface area contributed by atoms with Crippen molar-refractivity contribution >= 4 is 11.9 Å². The van der Waals surface area contributed by atoms with Crippen molar-refractivity contribution < 1.29 is 18.7 Å². The van der Waals surface area contributed by atoms with Crippen LogP contribution in [0.3, 0.4) is 0 Å². The molecule has 0 bridgehead atoms. The van der Waals surface area contributed by atoms with Gasteiger partial charge >= 0.3 is 5.97 Å². The number of rotatable bonds is 2. The van der Waals surface area contributed by atoms with Crippen LogP contribution in [0.5, 0.6) is 0 Å². The first-order valence-electron chi connectivity index (χ1n) is 7.19. The number of nitrogens with zero attached hydrogens (tertiary/aromatic N) is 3. The van der Waals surface area contributed by atoms with Crippen LogP contribution in [-0.4, -0.2) is 40.2 Å². The Labute approximate surface area is 132 Å². The zero-order chi connectivity index (χ0) is 16.6. The van der Waals surface area contributed by atoms with Gasteiger partial charge in [-0.25, -0.2) is 9.18 Å². The quantitative estimate of drug-likeness (QED) is 0.788. The molecule has 23 heavy (non-hydrogen) atoms. The topological polar surface area (TPSA) is 64.4 Å². The Morgan fingerprint density at radius 2 is 1.96 bits per heavy atom. The summed E-state index contributed by atoms with van der Waals surface area (Å²) in [5.74, 6) is -1.02. The van der Waals surface area contributed by atoms with Gasteiger partial charge in [0.2, 0.25) is 0 Å². The predicted molar refractivity (Wildman–Crippen MR) is 79.4 cm³/mol. The molecule has 0 aliphatic carbocycles. The molecule has 0 saturated carbocycles. The summed E-state index contributed by atoms with van der Waals surface area (Å²) >= 11 is 0. The molecule has 1 aromatic carbocycles. The summed E-state index contributed by atoms with van der Waals surface area (Å²) in [5.41, 5.74) is 2.37. The summed E-state index contributed by atoms with van der Waals surface area (Å²) in [5, 5.41) is 4.20. The molecule has 7 heteroatoms. The first kappa shape index (κ1) is 15.2. The van der Waals surface area contributed by atoms with Gasteiger partial charge in [-0.1, -0.05) is 0 Å². The fraction of sp³-hybridized carbons (Fsp3) is 0.312. The van der Waals surface area contributed by atoms with Crippen molar-refractivity contribution in [2.75, 3.05) is 13.7 Å². The van der Waals surface area contributed by atoms with Crippen molar-refractivity contribution in [2.24, 2.45) is 7.05 Å². The number of aryl methyl sites for hydroxylation is 1. The second-order valence-corrected chi connectivity index (χ2v) is 5.37. The highest BCUT2D eigenvalue weighted by atomic mass is 19.1. The summed E-state index contributed by atoms with van der Waals surface area (Å²) in [6, 6.07) is 5.47. The van der Waals surface area contributed by atoms with E-state index in [0.29, 0.717) is 30.8 Å². The normalized spacial score (nSPS) is 13.6. The van der Waals surface area contributed by atoms with Crippen molar-refractivity contribution in [1.29, 1.82) is 0 Å².